The molecular weight excluding hydrogens is 503 g/mol. The summed E-state index contributed by atoms with van der Waals surface area (Å²) >= 11 is 1.55. The van der Waals surface area contributed by atoms with Crippen molar-refractivity contribution in [3.63, 3.8) is 0 Å². The molecule has 2 rings (SSSR count). The van der Waals surface area contributed by atoms with Gasteiger partial charge in [0, 0.05) is 29.4 Å². The van der Waals surface area contributed by atoms with Crippen molar-refractivity contribution in [3.8, 4) is 0 Å². The first-order valence-corrected chi connectivity index (χ1v) is 17.0. The molecule has 0 aliphatic heterocycles. The number of allylic oxidation sites excluding steroid dienone is 8. The standard InChI is InChI=1S/2C9H15OSi.C3H6.2ClH.Zr/c2*1-11(2,8-7-10)9-5-3-4-6-9;1-3-2;;;/h2*3,5,10H,4,7-8H2,1-2H3;1-2H3;2*1H;/q2*-1;;;;+2/p-2. The Hall–Kier alpha value is 0.647. The number of hydrogen-bond acceptors (Lipinski definition) is 2. The summed E-state index contributed by atoms with van der Waals surface area (Å²) in [6.45, 7) is 14.0. The molecule has 0 aromatic rings. The number of hydrogen-bond donors (Lipinski definition) is 2. The summed E-state index contributed by atoms with van der Waals surface area (Å²) in [5.41, 5.74) is 0. The Morgan fingerprint density at radius 2 is 1.14 bits per heavy atom. The van der Waals surface area contributed by atoms with Gasteiger partial charge in [0.15, 0.2) is 0 Å². The topological polar surface area (TPSA) is 40.5 Å². The Bertz CT molecular complexity index is 521. The van der Waals surface area contributed by atoms with Gasteiger partial charge in [0.25, 0.3) is 0 Å². The molecular formula is C21H36Cl2O2Si2Zr-2. The Balaban J connectivity index is -0.000000355. The van der Waals surface area contributed by atoms with Crippen LogP contribution in [0.1, 0.15) is 26.7 Å². The average Bonchev–Trinajstić information content (AvgIpc) is 3.22. The SMILES string of the molecule is C[C](C)=[Zr+2].C[Si](C)(CCO)C1=[C-]CC=C1.C[Si](C)(CCO)C1=[C-]CC=C1.[Cl-].[Cl-]. The van der Waals surface area contributed by atoms with Gasteiger partial charge in [-0.25, -0.2) is 22.5 Å². The van der Waals surface area contributed by atoms with Crippen LogP contribution >= 0.6 is 0 Å². The predicted octanol–water partition coefficient (Wildman–Crippen LogP) is -1.42. The van der Waals surface area contributed by atoms with Gasteiger partial charge in [0.05, 0.1) is 0 Å². The van der Waals surface area contributed by atoms with Crippen molar-refractivity contribution in [2.45, 2.75) is 65.0 Å². The van der Waals surface area contributed by atoms with Gasteiger partial charge in [-0.15, -0.1) is 12.8 Å². The maximum atomic E-state index is 8.83. The molecule has 0 fully saturated rings. The maximum absolute atomic E-state index is 8.83. The molecule has 0 saturated heterocycles. The summed E-state index contributed by atoms with van der Waals surface area (Å²) in [6, 6.07) is 1.92. The van der Waals surface area contributed by atoms with Crippen LogP contribution < -0.4 is 24.8 Å². The molecule has 2 N–H and O–H groups in total. The molecule has 0 unspecified atom stereocenters. The van der Waals surface area contributed by atoms with Crippen molar-refractivity contribution < 1.29 is 59.3 Å². The first-order valence-electron chi connectivity index (χ1n) is 9.36. The fourth-order valence-corrected chi connectivity index (χ4v) is 6.52. The van der Waals surface area contributed by atoms with Crippen LogP contribution in [-0.4, -0.2) is 42.8 Å². The summed E-state index contributed by atoms with van der Waals surface area (Å²) in [7, 11) is -2.60. The van der Waals surface area contributed by atoms with E-state index in [0.29, 0.717) is 13.2 Å². The van der Waals surface area contributed by atoms with Gasteiger partial charge in [-0.2, -0.15) is 12.2 Å². The van der Waals surface area contributed by atoms with Crippen LogP contribution in [0.4, 0.5) is 0 Å². The molecule has 0 atom stereocenters. The molecule has 2 nitrogen and oxygen atoms in total. The minimum Gasteiger partial charge on any atom is -1.00 e. The van der Waals surface area contributed by atoms with Crippen molar-refractivity contribution in [3.05, 3.63) is 46.8 Å². The van der Waals surface area contributed by atoms with Crippen LogP contribution in [0.15, 0.2) is 34.7 Å². The number of halogens is 2. The van der Waals surface area contributed by atoms with Gasteiger partial charge in [-0.05, 0) is 12.1 Å². The van der Waals surface area contributed by atoms with Crippen LogP contribution in [0.3, 0.4) is 0 Å². The number of rotatable bonds is 6. The summed E-state index contributed by atoms with van der Waals surface area (Å²) in [5.74, 6) is 0. The third kappa shape index (κ3) is 14.6. The third-order valence-electron chi connectivity index (χ3n) is 4.32. The van der Waals surface area contributed by atoms with Gasteiger partial charge in [-0.3, -0.25) is 12.2 Å². The predicted molar refractivity (Wildman–Crippen MR) is 116 cm³/mol. The molecule has 0 bridgehead atoms. The summed E-state index contributed by atoms with van der Waals surface area (Å²) < 4.78 is 1.51. The quantitative estimate of drug-likeness (QED) is 0.322. The smallest absolute Gasteiger partial charge is 0.0448 e. The molecule has 160 valence electrons. The van der Waals surface area contributed by atoms with E-state index >= 15 is 0 Å². The maximum Gasteiger partial charge on any atom is 0.0448 e. The van der Waals surface area contributed by atoms with Gasteiger partial charge in [-0.1, -0.05) is 26.2 Å². The van der Waals surface area contributed by atoms with E-state index in [1.165, 1.54) is 13.6 Å². The van der Waals surface area contributed by atoms with E-state index in [4.69, 9.17) is 10.2 Å². The largest absolute Gasteiger partial charge is 1.00 e. The molecule has 0 saturated carbocycles. The zero-order valence-corrected chi connectivity index (χ0v) is 24.2. The first kappa shape index (κ1) is 33.3. The van der Waals surface area contributed by atoms with Crippen molar-refractivity contribution in [2.75, 3.05) is 13.2 Å². The number of aliphatic hydroxyl groups is 2. The van der Waals surface area contributed by atoms with E-state index < -0.39 is 16.1 Å². The molecule has 2 aliphatic carbocycles. The molecule has 0 heterocycles. The Kier molecular flexibility index (Phi) is 20.6. The fourth-order valence-electron chi connectivity index (χ4n) is 2.57. The number of aliphatic hydroxyl groups excluding tert-OH is 2. The van der Waals surface area contributed by atoms with E-state index in [1.54, 1.807) is 24.2 Å². The van der Waals surface area contributed by atoms with Gasteiger partial charge < -0.3 is 35.0 Å². The zero-order chi connectivity index (χ0) is 20.2. The van der Waals surface area contributed by atoms with Crippen LogP contribution in [0.2, 0.25) is 38.3 Å². The van der Waals surface area contributed by atoms with E-state index in [2.05, 4.69) is 76.5 Å². The molecule has 7 heteroatoms. The first-order chi connectivity index (χ1) is 12.1. The second kappa shape index (κ2) is 17.3. The molecule has 0 aromatic heterocycles. The Morgan fingerprint density at radius 1 is 0.857 bits per heavy atom. The molecule has 0 radical (unpaired) electrons. The van der Waals surface area contributed by atoms with Crippen LogP contribution in [0, 0.1) is 12.2 Å². The van der Waals surface area contributed by atoms with E-state index in [1.807, 2.05) is 0 Å². The van der Waals surface area contributed by atoms with Crippen molar-refractivity contribution >= 4 is 19.4 Å². The van der Waals surface area contributed by atoms with Crippen LogP contribution in [0.25, 0.3) is 0 Å². The molecule has 0 aromatic carbocycles. The van der Waals surface area contributed by atoms with Crippen LogP contribution in [-0.2, 0) is 24.2 Å². The van der Waals surface area contributed by atoms with Gasteiger partial charge >= 0.3 is 41.3 Å². The monoisotopic (exact) mass is 536 g/mol. The third-order valence-corrected chi connectivity index (χ3v) is 10.9. The zero-order valence-electron chi connectivity index (χ0n) is 18.2. The summed E-state index contributed by atoms with van der Waals surface area (Å²) in [4.78, 5) is 0. The second-order valence-electron chi connectivity index (χ2n) is 8.11. The van der Waals surface area contributed by atoms with Crippen molar-refractivity contribution in [1.29, 1.82) is 0 Å². The van der Waals surface area contributed by atoms with Crippen molar-refractivity contribution in [1.82, 2.24) is 0 Å². The van der Waals surface area contributed by atoms with E-state index in [9.17, 15) is 0 Å². The summed E-state index contributed by atoms with van der Waals surface area (Å²) in [6.07, 6.45) is 17.2. The normalized spacial score (nSPS) is 14.5. The van der Waals surface area contributed by atoms with Crippen LogP contribution in [0.5, 0.6) is 0 Å². The summed E-state index contributed by atoms with van der Waals surface area (Å²) in [5, 5.41) is 20.4. The van der Waals surface area contributed by atoms with E-state index in [0.717, 1.165) is 24.9 Å². The Labute approximate surface area is 202 Å². The second-order valence-corrected chi connectivity index (χ2v) is 20.2. The Morgan fingerprint density at radius 3 is 1.32 bits per heavy atom. The fraction of sp³-hybridized carbons (Fsp3) is 0.571. The van der Waals surface area contributed by atoms with Gasteiger partial charge in [0.2, 0.25) is 0 Å². The molecule has 28 heavy (non-hydrogen) atoms. The van der Waals surface area contributed by atoms with Crippen molar-refractivity contribution in [2.24, 2.45) is 0 Å². The molecule has 2 aliphatic rings. The minimum absolute atomic E-state index is 0. The van der Waals surface area contributed by atoms with E-state index in [-0.39, 0.29) is 24.8 Å². The molecule has 0 amide bonds. The minimum atomic E-state index is -1.30. The van der Waals surface area contributed by atoms with Gasteiger partial charge in [0.1, 0.15) is 0 Å². The average molecular weight is 539 g/mol. The molecule has 0 spiro atoms.